The summed E-state index contributed by atoms with van der Waals surface area (Å²) in [4.78, 5) is 2.26. The molecular formula is C23H33N3O5S2. The molecule has 8 nitrogen and oxygen atoms in total. The third-order valence-corrected chi connectivity index (χ3v) is 9.50. The van der Waals surface area contributed by atoms with Crippen molar-refractivity contribution in [2.24, 2.45) is 0 Å². The fraction of sp³-hybridized carbons (Fsp3) is 0.478. The van der Waals surface area contributed by atoms with Gasteiger partial charge in [0, 0.05) is 26.2 Å². The molecule has 1 aliphatic heterocycles. The van der Waals surface area contributed by atoms with Crippen LogP contribution in [0.2, 0.25) is 0 Å². The minimum Gasteiger partial charge on any atom is -0.378 e. The molecule has 182 valence electrons. The van der Waals surface area contributed by atoms with Crippen LogP contribution in [0.3, 0.4) is 0 Å². The average molecular weight is 496 g/mol. The molecule has 2 aromatic rings. The summed E-state index contributed by atoms with van der Waals surface area (Å²) in [6.07, 6.45) is 0. The van der Waals surface area contributed by atoms with Gasteiger partial charge in [-0.3, -0.25) is 4.72 Å². The molecule has 0 unspecified atom stereocenters. The van der Waals surface area contributed by atoms with Gasteiger partial charge in [-0.25, -0.2) is 16.8 Å². The number of hydrogen-bond donors (Lipinski definition) is 1. The quantitative estimate of drug-likeness (QED) is 0.604. The Bertz CT molecular complexity index is 1190. The second-order valence-electron chi connectivity index (χ2n) is 8.20. The van der Waals surface area contributed by atoms with Gasteiger partial charge in [0.05, 0.1) is 34.4 Å². The van der Waals surface area contributed by atoms with E-state index in [4.69, 9.17) is 4.74 Å². The van der Waals surface area contributed by atoms with E-state index in [-0.39, 0.29) is 15.5 Å². The summed E-state index contributed by atoms with van der Waals surface area (Å²) in [5.41, 5.74) is 3.12. The van der Waals surface area contributed by atoms with Crippen LogP contribution in [0.25, 0.3) is 0 Å². The van der Waals surface area contributed by atoms with Crippen molar-refractivity contribution in [3.63, 3.8) is 0 Å². The normalized spacial score (nSPS) is 15.2. The van der Waals surface area contributed by atoms with E-state index in [2.05, 4.69) is 4.72 Å². The number of nitrogens with zero attached hydrogens (tertiary/aromatic N) is 2. The molecule has 0 aromatic heterocycles. The number of hydrogen-bond acceptors (Lipinski definition) is 6. The number of ether oxygens (including phenoxy) is 1. The van der Waals surface area contributed by atoms with Crippen LogP contribution in [0.5, 0.6) is 0 Å². The number of nitrogens with one attached hydrogen (secondary N) is 1. The van der Waals surface area contributed by atoms with Gasteiger partial charge in [-0.1, -0.05) is 31.5 Å². The SMILES string of the molecule is CCN(CC)S(=O)(=O)c1ccc(N2CCOCC2)c(NS(=O)(=O)c2c(C)cc(C)cc2C)c1. The molecule has 0 radical (unpaired) electrons. The zero-order valence-corrected chi connectivity index (χ0v) is 21.5. The second-order valence-corrected chi connectivity index (χ2v) is 11.8. The molecule has 0 atom stereocenters. The number of benzene rings is 2. The van der Waals surface area contributed by atoms with Gasteiger partial charge in [-0.05, 0) is 50.1 Å². The van der Waals surface area contributed by atoms with Gasteiger partial charge in [0.1, 0.15) is 0 Å². The first-order valence-corrected chi connectivity index (χ1v) is 14.0. The zero-order chi connectivity index (χ0) is 24.4. The Morgan fingerprint density at radius 3 is 2.06 bits per heavy atom. The average Bonchev–Trinajstić information content (AvgIpc) is 2.73. The lowest BCUT2D eigenvalue weighted by molar-refractivity contribution is 0.123. The fourth-order valence-corrected chi connectivity index (χ4v) is 7.34. The summed E-state index contributed by atoms with van der Waals surface area (Å²) in [7, 11) is -7.72. The van der Waals surface area contributed by atoms with Crippen LogP contribution in [0.1, 0.15) is 30.5 Å². The summed E-state index contributed by atoms with van der Waals surface area (Å²) in [5.74, 6) is 0. The summed E-state index contributed by atoms with van der Waals surface area (Å²) >= 11 is 0. The minimum atomic E-state index is -3.96. The molecule has 33 heavy (non-hydrogen) atoms. The van der Waals surface area contributed by atoms with Crippen molar-refractivity contribution < 1.29 is 21.6 Å². The van der Waals surface area contributed by atoms with Gasteiger partial charge in [0.2, 0.25) is 10.0 Å². The molecule has 0 spiro atoms. The number of anilines is 2. The summed E-state index contributed by atoms with van der Waals surface area (Å²) in [5, 5.41) is 0. The van der Waals surface area contributed by atoms with Crippen LogP contribution in [0, 0.1) is 20.8 Å². The first-order chi connectivity index (χ1) is 15.5. The first-order valence-electron chi connectivity index (χ1n) is 11.1. The second kappa shape index (κ2) is 10.0. The maximum atomic E-state index is 13.5. The predicted octanol–water partition coefficient (Wildman–Crippen LogP) is 3.28. The van der Waals surface area contributed by atoms with Crippen molar-refractivity contribution in [2.75, 3.05) is 49.0 Å². The summed E-state index contributed by atoms with van der Waals surface area (Å²) in [6.45, 7) is 11.8. The highest BCUT2D eigenvalue weighted by atomic mass is 32.2. The lowest BCUT2D eigenvalue weighted by atomic mass is 10.1. The standard InChI is InChI=1S/C23H33N3O5S2/c1-6-26(7-2)33(29,30)20-8-9-22(25-10-12-31-13-11-25)21(16-20)24-32(27,28)23-18(4)14-17(3)15-19(23)5/h8-9,14-16,24H,6-7,10-13H2,1-5H3. The van der Waals surface area contributed by atoms with E-state index < -0.39 is 20.0 Å². The Morgan fingerprint density at radius 2 is 1.52 bits per heavy atom. The van der Waals surface area contributed by atoms with Crippen molar-refractivity contribution in [3.8, 4) is 0 Å². The summed E-state index contributed by atoms with van der Waals surface area (Å²) in [6, 6.07) is 8.29. The van der Waals surface area contributed by atoms with E-state index in [0.717, 1.165) is 5.56 Å². The molecule has 0 amide bonds. The number of sulfonamides is 2. The maximum absolute atomic E-state index is 13.5. The van der Waals surface area contributed by atoms with Crippen molar-refractivity contribution in [3.05, 3.63) is 47.0 Å². The molecule has 2 aromatic carbocycles. The molecule has 10 heteroatoms. The maximum Gasteiger partial charge on any atom is 0.262 e. The molecule has 0 saturated carbocycles. The third kappa shape index (κ3) is 5.34. The zero-order valence-electron chi connectivity index (χ0n) is 19.9. The van der Waals surface area contributed by atoms with E-state index in [1.807, 2.05) is 24.0 Å². The topological polar surface area (TPSA) is 96.0 Å². The van der Waals surface area contributed by atoms with E-state index in [1.54, 1.807) is 39.8 Å². The van der Waals surface area contributed by atoms with Crippen molar-refractivity contribution in [2.45, 2.75) is 44.4 Å². The van der Waals surface area contributed by atoms with Gasteiger partial charge in [0.25, 0.3) is 10.0 Å². The Kier molecular flexibility index (Phi) is 7.73. The summed E-state index contributed by atoms with van der Waals surface area (Å²) < 4.78 is 62.7. The Hall–Kier alpha value is -2.14. The Morgan fingerprint density at radius 1 is 0.939 bits per heavy atom. The van der Waals surface area contributed by atoms with Crippen molar-refractivity contribution >= 4 is 31.4 Å². The molecule has 1 saturated heterocycles. The lowest BCUT2D eigenvalue weighted by Crippen LogP contribution is -2.37. The highest BCUT2D eigenvalue weighted by Gasteiger charge is 2.27. The van der Waals surface area contributed by atoms with Crippen LogP contribution in [0.15, 0.2) is 40.1 Å². The molecule has 0 aliphatic carbocycles. The molecule has 1 N–H and O–H groups in total. The van der Waals surface area contributed by atoms with Crippen molar-refractivity contribution in [1.82, 2.24) is 4.31 Å². The van der Waals surface area contributed by atoms with E-state index in [1.165, 1.54) is 10.4 Å². The number of aryl methyl sites for hydroxylation is 3. The van der Waals surface area contributed by atoms with Crippen LogP contribution < -0.4 is 9.62 Å². The molecule has 1 heterocycles. The van der Waals surface area contributed by atoms with Crippen molar-refractivity contribution in [1.29, 1.82) is 0 Å². The molecule has 1 aliphatic rings. The highest BCUT2D eigenvalue weighted by Crippen LogP contribution is 2.33. The largest absolute Gasteiger partial charge is 0.378 e. The Labute approximate surface area is 197 Å². The van der Waals surface area contributed by atoms with Gasteiger partial charge in [-0.15, -0.1) is 0 Å². The number of rotatable bonds is 8. The monoisotopic (exact) mass is 495 g/mol. The van der Waals surface area contributed by atoms with E-state index in [0.29, 0.717) is 56.2 Å². The highest BCUT2D eigenvalue weighted by molar-refractivity contribution is 7.93. The minimum absolute atomic E-state index is 0.0539. The van der Waals surface area contributed by atoms with Crippen LogP contribution in [0.4, 0.5) is 11.4 Å². The van der Waals surface area contributed by atoms with Gasteiger partial charge < -0.3 is 9.64 Å². The molecule has 0 bridgehead atoms. The number of morpholine rings is 1. The van der Waals surface area contributed by atoms with Crippen LogP contribution in [-0.4, -0.2) is 60.5 Å². The van der Waals surface area contributed by atoms with Gasteiger partial charge in [0.15, 0.2) is 0 Å². The lowest BCUT2D eigenvalue weighted by Gasteiger charge is -2.31. The molecule has 1 fully saturated rings. The fourth-order valence-electron chi connectivity index (χ4n) is 4.34. The van der Waals surface area contributed by atoms with E-state index in [9.17, 15) is 16.8 Å². The third-order valence-electron chi connectivity index (χ3n) is 5.78. The first kappa shape index (κ1) is 25.5. The van der Waals surface area contributed by atoms with Crippen LogP contribution in [-0.2, 0) is 24.8 Å². The van der Waals surface area contributed by atoms with Gasteiger partial charge >= 0.3 is 0 Å². The molecule has 3 rings (SSSR count). The van der Waals surface area contributed by atoms with E-state index >= 15 is 0 Å². The van der Waals surface area contributed by atoms with Gasteiger partial charge in [-0.2, -0.15) is 4.31 Å². The smallest absolute Gasteiger partial charge is 0.262 e. The van der Waals surface area contributed by atoms with Crippen LogP contribution >= 0.6 is 0 Å². The predicted molar refractivity (Wildman–Crippen MR) is 131 cm³/mol. The Balaban J connectivity index is 2.13. The molecular weight excluding hydrogens is 462 g/mol.